The fourth-order valence-corrected chi connectivity index (χ4v) is 2.25. The molecule has 0 unspecified atom stereocenters. The van der Waals surface area contributed by atoms with Crippen LogP contribution in [-0.4, -0.2) is 32.4 Å². The van der Waals surface area contributed by atoms with Gasteiger partial charge in [-0.05, 0) is 18.9 Å². The fraction of sp³-hybridized carbons (Fsp3) is 0.455. The summed E-state index contributed by atoms with van der Waals surface area (Å²) in [6.45, 7) is 0.0524. The van der Waals surface area contributed by atoms with E-state index < -0.39 is 0 Å². The number of nitrogen functional groups attached to an aromatic ring is 1. The summed E-state index contributed by atoms with van der Waals surface area (Å²) in [6.07, 6.45) is 4.86. The van der Waals surface area contributed by atoms with Crippen molar-refractivity contribution in [1.82, 2.24) is 14.5 Å². The van der Waals surface area contributed by atoms with E-state index in [1.54, 1.807) is 12.5 Å². The van der Waals surface area contributed by atoms with E-state index in [9.17, 15) is 0 Å². The first kappa shape index (κ1) is 10.5. The molecule has 0 saturated carbocycles. The van der Waals surface area contributed by atoms with Gasteiger partial charge in [0, 0.05) is 6.20 Å². The van der Waals surface area contributed by atoms with Crippen LogP contribution in [0.5, 0.6) is 0 Å². The first-order valence-electron chi connectivity index (χ1n) is 5.63. The average Bonchev–Trinajstić information content (AvgIpc) is 2.94. The number of imidazole rings is 1. The molecule has 0 spiro atoms. The van der Waals surface area contributed by atoms with Crippen molar-refractivity contribution in [1.29, 1.82) is 0 Å². The number of nitrogens with two attached hydrogens (primary N) is 1. The van der Waals surface area contributed by atoms with Crippen LogP contribution in [0.1, 0.15) is 19.1 Å². The number of ether oxygens (including phenoxy) is 1. The van der Waals surface area contributed by atoms with Crippen molar-refractivity contribution in [3.63, 3.8) is 0 Å². The Balaban J connectivity index is 2.01. The van der Waals surface area contributed by atoms with E-state index in [2.05, 4.69) is 9.97 Å². The zero-order valence-corrected chi connectivity index (χ0v) is 9.28. The molecule has 0 bridgehead atoms. The van der Waals surface area contributed by atoms with Crippen LogP contribution in [-0.2, 0) is 4.74 Å². The molecule has 0 aromatic carbocycles. The molecule has 1 saturated heterocycles. The minimum atomic E-state index is -0.108. The summed E-state index contributed by atoms with van der Waals surface area (Å²) in [5.41, 5.74) is 7.47. The van der Waals surface area contributed by atoms with Crippen LogP contribution in [0.15, 0.2) is 18.6 Å². The van der Waals surface area contributed by atoms with E-state index >= 15 is 0 Å². The van der Waals surface area contributed by atoms with Gasteiger partial charge in [0.05, 0.1) is 24.6 Å². The summed E-state index contributed by atoms with van der Waals surface area (Å²) in [5.74, 6) is 0.455. The lowest BCUT2D eigenvalue weighted by Gasteiger charge is -2.14. The van der Waals surface area contributed by atoms with Crippen molar-refractivity contribution in [2.45, 2.75) is 25.2 Å². The maximum atomic E-state index is 9.06. The van der Waals surface area contributed by atoms with E-state index in [0.717, 1.165) is 23.9 Å². The highest BCUT2D eigenvalue weighted by Crippen LogP contribution is 2.31. The van der Waals surface area contributed by atoms with Gasteiger partial charge >= 0.3 is 0 Å². The Bertz CT molecular complexity index is 539. The molecule has 1 aliphatic rings. The first-order valence-corrected chi connectivity index (χ1v) is 5.63. The van der Waals surface area contributed by atoms with Gasteiger partial charge in [-0.25, -0.2) is 9.97 Å². The first-order chi connectivity index (χ1) is 8.29. The third-order valence-corrected chi connectivity index (χ3v) is 3.11. The summed E-state index contributed by atoms with van der Waals surface area (Å²) in [6, 6.07) is 1.82. The van der Waals surface area contributed by atoms with Crippen LogP contribution < -0.4 is 5.73 Å². The lowest BCUT2D eigenvalue weighted by atomic mass is 10.2. The average molecular weight is 234 g/mol. The highest BCUT2D eigenvalue weighted by atomic mass is 16.5. The molecule has 2 atom stereocenters. The Morgan fingerprint density at radius 2 is 2.35 bits per heavy atom. The quantitative estimate of drug-likeness (QED) is 0.798. The number of nitrogens with zero attached hydrogens (tertiary/aromatic N) is 3. The Morgan fingerprint density at radius 1 is 1.47 bits per heavy atom. The van der Waals surface area contributed by atoms with Crippen LogP contribution in [0.25, 0.3) is 11.0 Å². The van der Waals surface area contributed by atoms with Crippen molar-refractivity contribution in [2.75, 3.05) is 12.3 Å². The van der Waals surface area contributed by atoms with E-state index in [4.69, 9.17) is 15.6 Å². The van der Waals surface area contributed by atoms with Crippen molar-refractivity contribution in [3.05, 3.63) is 18.6 Å². The molecule has 0 amide bonds. The monoisotopic (exact) mass is 234 g/mol. The third kappa shape index (κ3) is 1.65. The zero-order chi connectivity index (χ0) is 11.8. The second-order valence-corrected chi connectivity index (χ2v) is 4.19. The molecule has 3 heterocycles. The normalized spacial score (nSPS) is 24.5. The summed E-state index contributed by atoms with van der Waals surface area (Å²) in [4.78, 5) is 8.34. The Hall–Kier alpha value is -1.66. The number of aromatic nitrogens is 3. The molecule has 2 aromatic rings. The van der Waals surface area contributed by atoms with Crippen LogP contribution in [0.3, 0.4) is 0 Å². The molecule has 3 rings (SSSR count). The van der Waals surface area contributed by atoms with Crippen molar-refractivity contribution >= 4 is 16.9 Å². The van der Waals surface area contributed by atoms with Crippen LogP contribution in [0.2, 0.25) is 0 Å². The standard InChI is InChI=1S/C11H14N4O2/c12-11-10-8(3-4-13-11)14-6-15(10)9-2-1-7(5-16)17-9/h3-4,6-7,9,16H,1-2,5H2,(H2,12,13)/t7-,9+/m0/s1. The molecule has 90 valence electrons. The van der Waals surface area contributed by atoms with Gasteiger partial charge < -0.3 is 20.1 Å². The number of hydrogen-bond acceptors (Lipinski definition) is 5. The predicted molar refractivity (Wildman–Crippen MR) is 62.2 cm³/mol. The minimum absolute atomic E-state index is 0.0524. The number of rotatable bonds is 2. The maximum Gasteiger partial charge on any atom is 0.149 e. The number of anilines is 1. The van der Waals surface area contributed by atoms with Crippen LogP contribution >= 0.6 is 0 Å². The van der Waals surface area contributed by atoms with Crippen molar-refractivity contribution in [2.24, 2.45) is 0 Å². The smallest absolute Gasteiger partial charge is 0.149 e. The lowest BCUT2D eigenvalue weighted by Crippen LogP contribution is -2.14. The molecule has 2 aromatic heterocycles. The van der Waals surface area contributed by atoms with E-state index in [1.807, 2.05) is 10.6 Å². The fourth-order valence-electron chi connectivity index (χ4n) is 2.25. The van der Waals surface area contributed by atoms with Gasteiger partial charge in [-0.15, -0.1) is 0 Å². The van der Waals surface area contributed by atoms with E-state index in [1.165, 1.54) is 0 Å². The van der Waals surface area contributed by atoms with Gasteiger partial charge in [0.2, 0.25) is 0 Å². The molecule has 1 aliphatic heterocycles. The van der Waals surface area contributed by atoms with Gasteiger partial charge in [-0.3, -0.25) is 0 Å². The van der Waals surface area contributed by atoms with Gasteiger partial charge in [0.25, 0.3) is 0 Å². The highest BCUT2D eigenvalue weighted by Gasteiger charge is 2.27. The van der Waals surface area contributed by atoms with E-state index in [-0.39, 0.29) is 18.9 Å². The maximum absolute atomic E-state index is 9.06. The number of fused-ring (bicyclic) bond motifs is 1. The van der Waals surface area contributed by atoms with Gasteiger partial charge in [-0.1, -0.05) is 0 Å². The molecule has 17 heavy (non-hydrogen) atoms. The number of aliphatic hydroxyl groups is 1. The lowest BCUT2D eigenvalue weighted by molar-refractivity contribution is -0.0204. The van der Waals surface area contributed by atoms with Gasteiger partial charge in [0.1, 0.15) is 17.6 Å². The number of aliphatic hydroxyl groups excluding tert-OH is 1. The summed E-state index contributed by atoms with van der Waals surface area (Å²) in [5, 5.41) is 9.06. The zero-order valence-electron chi connectivity index (χ0n) is 9.28. The minimum Gasteiger partial charge on any atom is -0.394 e. The molecular formula is C11H14N4O2. The topological polar surface area (TPSA) is 86.2 Å². The molecule has 0 radical (unpaired) electrons. The van der Waals surface area contributed by atoms with Crippen LogP contribution in [0.4, 0.5) is 5.82 Å². The third-order valence-electron chi connectivity index (χ3n) is 3.11. The van der Waals surface area contributed by atoms with Gasteiger partial charge in [0.15, 0.2) is 0 Å². The van der Waals surface area contributed by atoms with Crippen molar-refractivity contribution < 1.29 is 9.84 Å². The molecule has 1 fully saturated rings. The Kier molecular flexibility index (Phi) is 2.45. The molecular weight excluding hydrogens is 220 g/mol. The largest absolute Gasteiger partial charge is 0.394 e. The number of hydrogen-bond donors (Lipinski definition) is 2. The molecule has 0 aliphatic carbocycles. The second-order valence-electron chi connectivity index (χ2n) is 4.19. The summed E-state index contributed by atoms with van der Waals surface area (Å²) < 4.78 is 7.60. The SMILES string of the molecule is Nc1nccc2ncn([C@H]3CC[C@@H](CO)O3)c12. The number of pyridine rings is 1. The Morgan fingerprint density at radius 3 is 3.12 bits per heavy atom. The molecule has 6 heteroatoms. The highest BCUT2D eigenvalue weighted by molar-refractivity contribution is 5.84. The molecule has 6 nitrogen and oxygen atoms in total. The summed E-state index contributed by atoms with van der Waals surface area (Å²) in [7, 11) is 0. The van der Waals surface area contributed by atoms with Crippen molar-refractivity contribution in [3.8, 4) is 0 Å². The Labute approximate surface area is 98.0 Å². The van der Waals surface area contributed by atoms with Gasteiger partial charge in [-0.2, -0.15) is 0 Å². The molecule has 3 N–H and O–H groups in total. The summed E-state index contributed by atoms with van der Waals surface area (Å²) >= 11 is 0. The predicted octanol–water partition coefficient (Wildman–Crippen LogP) is 0.683. The van der Waals surface area contributed by atoms with E-state index in [0.29, 0.717) is 5.82 Å². The van der Waals surface area contributed by atoms with Crippen LogP contribution in [0, 0.1) is 0 Å². The second kappa shape index (κ2) is 3.97.